The van der Waals surface area contributed by atoms with Gasteiger partial charge in [-0.3, -0.25) is 10.1 Å². The summed E-state index contributed by atoms with van der Waals surface area (Å²) in [5, 5.41) is 2.82. The summed E-state index contributed by atoms with van der Waals surface area (Å²) in [4.78, 5) is 20.1. The number of carbonyl (C=O) groups is 1. The number of imidazole rings is 1. The Morgan fingerprint density at radius 1 is 1.44 bits per heavy atom. The molecule has 1 N–H and O–H groups in total. The highest BCUT2D eigenvalue weighted by atomic mass is 19.3. The molecular formula is C19H22F2N4O2. The minimum atomic E-state index is -3.03. The van der Waals surface area contributed by atoms with Crippen molar-refractivity contribution in [3.8, 4) is 5.75 Å². The third-order valence-corrected chi connectivity index (χ3v) is 4.47. The van der Waals surface area contributed by atoms with E-state index < -0.39 is 6.61 Å². The quantitative estimate of drug-likeness (QED) is 0.722. The molecule has 2 aromatic rings. The highest BCUT2D eigenvalue weighted by molar-refractivity contribution is 5.94. The van der Waals surface area contributed by atoms with Gasteiger partial charge < -0.3 is 9.30 Å². The zero-order valence-corrected chi connectivity index (χ0v) is 15.6. The summed E-state index contributed by atoms with van der Waals surface area (Å²) >= 11 is 0. The second-order valence-electron chi connectivity index (χ2n) is 7.98. The van der Waals surface area contributed by atoms with Crippen molar-refractivity contribution in [2.75, 3.05) is 5.32 Å². The molecule has 0 radical (unpaired) electrons. The van der Waals surface area contributed by atoms with Gasteiger partial charge in [0, 0.05) is 12.5 Å². The lowest BCUT2D eigenvalue weighted by molar-refractivity contribution is -0.117. The molecule has 1 aliphatic carbocycles. The molecule has 3 rings (SSSR count). The van der Waals surface area contributed by atoms with E-state index in [4.69, 9.17) is 6.57 Å². The molecule has 1 aromatic heterocycles. The third kappa shape index (κ3) is 4.18. The average molecular weight is 376 g/mol. The second-order valence-corrected chi connectivity index (χ2v) is 7.98. The number of amides is 1. The van der Waals surface area contributed by atoms with Gasteiger partial charge in [0.15, 0.2) is 5.69 Å². The first-order valence-electron chi connectivity index (χ1n) is 8.86. The smallest absolute Gasteiger partial charge is 0.387 e. The lowest BCUT2D eigenvalue weighted by Gasteiger charge is -2.29. The molecule has 0 unspecified atom stereocenters. The van der Waals surface area contributed by atoms with Crippen molar-refractivity contribution < 1.29 is 18.3 Å². The van der Waals surface area contributed by atoms with Crippen LogP contribution < -0.4 is 10.1 Å². The fourth-order valence-electron chi connectivity index (χ4n) is 3.15. The van der Waals surface area contributed by atoms with Crippen LogP contribution in [-0.2, 0) is 4.79 Å². The number of hydrogen-bond acceptors (Lipinski definition) is 3. The van der Waals surface area contributed by atoms with E-state index in [1.165, 1.54) is 6.07 Å². The zero-order valence-electron chi connectivity index (χ0n) is 15.6. The average Bonchev–Trinajstić information content (AvgIpc) is 2.81. The van der Waals surface area contributed by atoms with Crippen molar-refractivity contribution in [2.45, 2.75) is 59.1 Å². The lowest BCUT2D eigenvalue weighted by Crippen LogP contribution is -2.24. The van der Waals surface area contributed by atoms with Gasteiger partial charge in [-0.1, -0.05) is 20.8 Å². The molecular weight excluding hydrogens is 354 g/mol. The van der Waals surface area contributed by atoms with E-state index in [9.17, 15) is 13.6 Å². The number of nitrogens with zero attached hydrogens (tertiary/aromatic N) is 3. The second kappa shape index (κ2) is 7.14. The molecule has 1 aliphatic rings. The van der Waals surface area contributed by atoms with E-state index in [-0.39, 0.29) is 34.3 Å². The van der Waals surface area contributed by atoms with Gasteiger partial charge >= 0.3 is 6.61 Å². The van der Waals surface area contributed by atoms with Crippen LogP contribution in [0.15, 0.2) is 12.1 Å². The molecule has 0 spiro atoms. The van der Waals surface area contributed by atoms with E-state index >= 15 is 0 Å². The summed E-state index contributed by atoms with van der Waals surface area (Å²) in [7, 11) is 0. The molecule has 0 bridgehead atoms. The van der Waals surface area contributed by atoms with Gasteiger partial charge in [0.05, 0.1) is 12.1 Å². The monoisotopic (exact) mass is 376 g/mol. The predicted molar refractivity (Wildman–Crippen MR) is 98.2 cm³/mol. The van der Waals surface area contributed by atoms with Crippen LogP contribution in [0.25, 0.3) is 15.9 Å². The van der Waals surface area contributed by atoms with E-state index in [0.29, 0.717) is 17.9 Å². The lowest BCUT2D eigenvalue weighted by atomic mass is 9.92. The maximum Gasteiger partial charge on any atom is 0.387 e. The summed E-state index contributed by atoms with van der Waals surface area (Å²) in [6, 6.07) is 2.96. The number of hydrogen-bond donors (Lipinski definition) is 1. The minimum absolute atomic E-state index is 0.111. The Morgan fingerprint density at radius 2 is 2.15 bits per heavy atom. The molecule has 0 aliphatic heterocycles. The first kappa shape index (κ1) is 19.1. The molecule has 1 amide bonds. The Labute approximate surface area is 156 Å². The molecule has 1 heterocycles. The van der Waals surface area contributed by atoms with E-state index in [1.54, 1.807) is 6.07 Å². The molecule has 144 valence electrons. The Kier molecular flexibility index (Phi) is 5.05. The molecule has 1 fully saturated rings. The van der Waals surface area contributed by atoms with Crippen LogP contribution in [-0.4, -0.2) is 22.1 Å². The largest absolute Gasteiger partial charge is 0.434 e. The van der Waals surface area contributed by atoms with Gasteiger partial charge in [0.2, 0.25) is 11.9 Å². The standard InChI is InChI=1S/C19H22F2N4O2/c1-19(2,3)10-15(26)23-18-24-16-13(25(18)12-6-5-7-12)8-11(22-4)9-14(16)27-17(20)21/h8-9,12,17H,5-7,10H2,1-3H3,(H,23,24,26). The fraction of sp³-hybridized carbons (Fsp3) is 0.526. The SMILES string of the molecule is [C-]#[N+]c1cc(OC(F)F)c2nc(NC(=O)CC(C)(C)C)n(C3CCC3)c2c1. The van der Waals surface area contributed by atoms with Crippen molar-refractivity contribution in [3.63, 3.8) is 0 Å². The summed E-state index contributed by atoms with van der Waals surface area (Å²) in [5.41, 5.74) is 0.736. The highest BCUT2D eigenvalue weighted by Crippen LogP contribution is 2.41. The van der Waals surface area contributed by atoms with Crippen LogP contribution in [0.5, 0.6) is 5.75 Å². The minimum Gasteiger partial charge on any atom is -0.434 e. The number of carbonyl (C=O) groups excluding carboxylic acids is 1. The molecule has 1 aromatic carbocycles. The first-order chi connectivity index (χ1) is 12.7. The van der Waals surface area contributed by atoms with E-state index in [0.717, 1.165) is 19.3 Å². The Bertz CT molecular complexity index is 905. The topological polar surface area (TPSA) is 60.5 Å². The maximum atomic E-state index is 12.8. The van der Waals surface area contributed by atoms with Crippen molar-refractivity contribution in [1.82, 2.24) is 9.55 Å². The van der Waals surface area contributed by atoms with Crippen LogP contribution in [0, 0.1) is 12.0 Å². The number of halogens is 2. The normalized spacial score (nSPS) is 14.9. The number of fused-ring (bicyclic) bond motifs is 1. The van der Waals surface area contributed by atoms with E-state index in [2.05, 4.69) is 19.9 Å². The number of ether oxygens (including phenoxy) is 1. The highest BCUT2D eigenvalue weighted by Gasteiger charge is 2.28. The van der Waals surface area contributed by atoms with Crippen molar-refractivity contribution in [2.24, 2.45) is 5.41 Å². The molecule has 6 nitrogen and oxygen atoms in total. The van der Waals surface area contributed by atoms with E-state index in [1.807, 2.05) is 25.3 Å². The Morgan fingerprint density at radius 3 is 2.67 bits per heavy atom. The number of anilines is 1. The molecule has 0 atom stereocenters. The van der Waals surface area contributed by atoms with Crippen LogP contribution in [0.1, 0.15) is 52.5 Å². The maximum absolute atomic E-state index is 12.8. The summed E-state index contributed by atoms with van der Waals surface area (Å²) in [6.07, 6.45) is 3.15. The molecule has 27 heavy (non-hydrogen) atoms. The Balaban J connectivity index is 2.09. The van der Waals surface area contributed by atoms with Gasteiger partial charge in [-0.2, -0.15) is 8.78 Å². The van der Waals surface area contributed by atoms with Gasteiger partial charge in [0.25, 0.3) is 0 Å². The molecule has 1 saturated carbocycles. The van der Waals surface area contributed by atoms with Crippen LogP contribution in [0.2, 0.25) is 0 Å². The van der Waals surface area contributed by atoms with Gasteiger partial charge in [-0.25, -0.2) is 9.83 Å². The Hall–Kier alpha value is -2.69. The zero-order chi connectivity index (χ0) is 19.8. The fourth-order valence-corrected chi connectivity index (χ4v) is 3.15. The van der Waals surface area contributed by atoms with Gasteiger partial charge in [-0.05, 0) is 36.8 Å². The predicted octanol–water partition coefficient (Wildman–Crippen LogP) is 5.29. The third-order valence-electron chi connectivity index (χ3n) is 4.47. The van der Waals surface area contributed by atoms with Crippen molar-refractivity contribution >= 4 is 28.6 Å². The van der Waals surface area contributed by atoms with Crippen molar-refractivity contribution in [1.29, 1.82) is 0 Å². The molecule has 0 saturated heterocycles. The van der Waals surface area contributed by atoms with Crippen LogP contribution >= 0.6 is 0 Å². The number of nitrogens with one attached hydrogen (secondary N) is 1. The molecule has 8 heteroatoms. The number of aromatic nitrogens is 2. The summed E-state index contributed by atoms with van der Waals surface area (Å²) in [5.74, 6) is -0.0387. The number of rotatable bonds is 5. The number of benzene rings is 1. The van der Waals surface area contributed by atoms with Crippen molar-refractivity contribution in [3.05, 3.63) is 23.5 Å². The first-order valence-corrected chi connectivity index (χ1v) is 8.86. The van der Waals surface area contributed by atoms with Crippen LogP contribution in [0.4, 0.5) is 20.4 Å². The number of alkyl halides is 2. The summed E-state index contributed by atoms with van der Waals surface area (Å²) in [6.45, 7) is 10.1. The van der Waals surface area contributed by atoms with Gasteiger partial charge in [0.1, 0.15) is 11.3 Å². The van der Waals surface area contributed by atoms with Crippen LogP contribution in [0.3, 0.4) is 0 Å². The summed E-state index contributed by atoms with van der Waals surface area (Å²) < 4.78 is 32.1. The van der Waals surface area contributed by atoms with Gasteiger partial charge in [-0.15, -0.1) is 0 Å².